The number of rotatable bonds is 8. The first-order valence-corrected chi connectivity index (χ1v) is 12.1. The van der Waals surface area contributed by atoms with E-state index >= 15 is 0 Å². The highest BCUT2D eigenvalue weighted by atomic mass is 16.1. The van der Waals surface area contributed by atoms with Crippen LogP contribution in [-0.4, -0.2) is 84.6 Å². The molecule has 4 rings (SSSR count). The van der Waals surface area contributed by atoms with E-state index in [0.29, 0.717) is 12.5 Å². The van der Waals surface area contributed by atoms with Crippen LogP contribution in [0.1, 0.15) is 26.2 Å². The third-order valence-corrected chi connectivity index (χ3v) is 6.55. The molecule has 0 bridgehead atoms. The fourth-order valence-corrected chi connectivity index (χ4v) is 4.67. The number of hydrogen-bond donors (Lipinski definition) is 1. The van der Waals surface area contributed by atoms with E-state index in [2.05, 4.69) is 49.0 Å². The van der Waals surface area contributed by atoms with E-state index in [-0.39, 0.29) is 11.8 Å². The fourth-order valence-electron chi connectivity index (χ4n) is 4.67. The van der Waals surface area contributed by atoms with Crippen LogP contribution in [0.15, 0.2) is 42.7 Å². The van der Waals surface area contributed by atoms with Gasteiger partial charge >= 0.3 is 0 Å². The van der Waals surface area contributed by atoms with Gasteiger partial charge in [-0.1, -0.05) is 37.3 Å². The van der Waals surface area contributed by atoms with Crippen molar-refractivity contribution in [1.82, 2.24) is 25.1 Å². The zero-order chi connectivity index (χ0) is 22.2. The van der Waals surface area contributed by atoms with Crippen molar-refractivity contribution in [3.8, 4) is 11.1 Å². The number of nitrogens with one attached hydrogen (secondary N) is 1. The van der Waals surface area contributed by atoms with Gasteiger partial charge in [-0.15, -0.1) is 0 Å². The van der Waals surface area contributed by atoms with E-state index < -0.39 is 0 Å². The summed E-state index contributed by atoms with van der Waals surface area (Å²) in [6, 6.07) is 10.2. The molecule has 172 valence electrons. The normalized spacial score (nSPS) is 20.3. The van der Waals surface area contributed by atoms with E-state index in [0.717, 1.165) is 69.8 Å². The summed E-state index contributed by atoms with van der Waals surface area (Å²) in [4.78, 5) is 29.1. The summed E-state index contributed by atoms with van der Waals surface area (Å²) in [5.74, 6) is 0.884. The molecule has 2 fully saturated rings. The van der Waals surface area contributed by atoms with Gasteiger partial charge in [-0.3, -0.25) is 9.69 Å². The molecule has 7 heteroatoms. The van der Waals surface area contributed by atoms with Gasteiger partial charge in [-0.05, 0) is 31.4 Å². The SMILES string of the molecule is CCCN1CCN(CCNC(=O)C2CCCN(c3ncc(-c4ccccc4)cn3)C2)CC1. The Labute approximate surface area is 191 Å². The summed E-state index contributed by atoms with van der Waals surface area (Å²) in [5.41, 5.74) is 2.12. The van der Waals surface area contributed by atoms with Crippen LogP contribution in [0.2, 0.25) is 0 Å². The summed E-state index contributed by atoms with van der Waals surface area (Å²) in [5, 5.41) is 3.18. The van der Waals surface area contributed by atoms with Crippen molar-refractivity contribution >= 4 is 11.9 Å². The molecule has 1 aromatic carbocycles. The molecule has 1 amide bonds. The number of nitrogens with zero attached hydrogens (tertiary/aromatic N) is 5. The van der Waals surface area contributed by atoms with Crippen LogP contribution in [0.3, 0.4) is 0 Å². The predicted octanol–water partition coefficient (Wildman–Crippen LogP) is 2.50. The van der Waals surface area contributed by atoms with Crippen molar-refractivity contribution in [3.63, 3.8) is 0 Å². The number of hydrogen-bond acceptors (Lipinski definition) is 6. The molecule has 1 aromatic heterocycles. The summed E-state index contributed by atoms with van der Waals surface area (Å²) in [6.45, 7) is 11.2. The monoisotopic (exact) mass is 436 g/mol. The minimum Gasteiger partial charge on any atom is -0.355 e. The second kappa shape index (κ2) is 11.4. The molecule has 7 nitrogen and oxygen atoms in total. The molecule has 2 aromatic rings. The number of benzene rings is 1. The van der Waals surface area contributed by atoms with Crippen molar-refractivity contribution in [2.75, 3.05) is 63.8 Å². The van der Waals surface area contributed by atoms with Crippen molar-refractivity contribution < 1.29 is 4.79 Å². The quantitative estimate of drug-likeness (QED) is 0.686. The molecule has 1 unspecified atom stereocenters. The molecule has 2 aliphatic rings. The van der Waals surface area contributed by atoms with Crippen LogP contribution >= 0.6 is 0 Å². The maximum absolute atomic E-state index is 12.8. The lowest BCUT2D eigenvalue weighted by molar-refractivity contribution is -0.125. The van der Waals surface area contributed by atoms with Gasteiger partial charge in [-0.2, -0.15) is 0 Å². The highest BCUT2D eigenvalue weighted by Gasteiger charge is 2.27. The predicted molar refractivity (Wildman–Crippen MR) is 129 cm³/mol. The Bertz CT molecular complexity index is 835. The Morgan fingerprint density at radius 1 is 0.969 bits per heavy atom. The van der Waals surface area contributed by atoms with Crippen LogP contribution in [0.25, 0.3) is 11.1 Å². The van der Waals surface area contributed by atoms with E-state index in [1.807, 2.05) is 30.6 Å². The Hall–Kier alpha value is -2.51. The number of anilines is 1. The van der Waals surface area contributed by atoms with Crippen LogP contribution in [0.4, 0.5) is 5.95 Å². The number of piperazine rings is 1. The second-order valence-corrected chi connectivity index (χ2v) is 8.90. The van der Waals surface area contributed by atoms with Gasteiger partial charge < -0.3 is 15.1 Å². The lowest BCUT2D eigenvalue weighted by Gasteiger charge is -2.35. The van der Waals surface area contributed by atoms with E-state index in [1.54, 1.807) is 0 Å². The molecule has 32 heavy (non-hydrogen) atoms. The zero-order valence-electron chi connectivity index (χ0n) is 19.2. The number of piperidine rings is 1. The summed E-state index contributed by atoms with van der Waals surface area (Å²) < 4.78 is 0. The first kappa shape index (κ1) is 22.7. The third-order valence-electron chi connectivity index (χ3n) is 6.55. The maximum atomic E-state index is 12.8. The van der Waals surface area contributed by atoms with Gasteiger partial charge in [0.2, 0.25) is 11.9 Å². The fraction of sp³-hybridized carbons (Fsp3) is 0.560. The lowest BCUT2D eigenvalue weighted by Crippen LogP contribution is -2.49. The van der Waals surface area contributed by atoms with Crippen LogP contribution in [-0.2, 0) is 4.79 Å². The Morgan fingerprint density at radius 3 is 2.34 bits per heavy atom. The minimum atomic E-state index is 0.00236. The number of carbonyl (C=O) groups excluding carboxylic acids is 1. The molecule has 1 atom stereocenters. The molecule has 3 heterocycles. The average molecular weight is 437 g/mol. The molecular weight excluding hydrogens is 400 g/mol. The van der Waals surface area contributed by atoms with Gasteiger partial charge in [0, 0.05) is 70.3 Å². The van der Waals surface area contributed by atoms with Crippen molar-refractivity contribution in [2.24, 2.45) is 5.92 Å². The second-order valence-electron chi connectivity index (χ2n) is 8.90. The first-order valence-electron chi connectivity index (χ1n) is 12.1. The number of amides is 1. The smallest absolute Gasteiger partial charge is 0.225 e. The topological polar surface area (TPSA) is 64.6 Å². The highest BCUT2D eigenvalue weighted by molar-refractivity contribution is 5.79. The molecule has 0 saturated carbocycles. The zero-order valence-corrected chi connectivity index (χ0v) is 19.2. The Morgan fingerprint density at radius 2 is 1.66 bits per heavy atom. The van der Waals surface area contributed by atoms with Crippen LogP contribution in [0.5, 0.6) is 0 Å². The van der Waals surface area contributed by atoms with Crippen molar-refractivity contribution in [1.29, 1.82) is 0 Å². The van der Waals surface area contributed by atoms with Gasteiger partial charge in [0.1, 0.15) is 0 Å². The van der Waals surface area contributed by atoms with Gasteiger partial charge in [0.25, 0.3) is 0 Å². The maximum Gasteiger partial charge on any atom is 0.225 e. The third kappa shape index (κ3) is 6.04. The van der Waals surface area contributed by atoms with E-state index in [9.17, 15) is 4.79 Å². The van der Waals surface area contributed by atoms with Crippen LogP contribution in [0, 0.1) is 5.92 Å². The van der Waals surface area contributed by atoms with Gasteiger partial charge in [-0.25, -0.2) is 9.97 Å². The van der Waals surface area contributed by atoms with Crippen molar-refractivity contribution in [3.05, 3.63) is 42.7 Å². The lowest BCUT2D eigenvalue weighted by atomic mass is 9.97. The Kier molecular flexibility index (Phi) is 8.07. The molecule has 1 N–H and O–H groups in total. The Balaban J connectivity index is 1.23. The largest absolute Gasteiger partial charge is 0.355 e. The first-order chi connectivity index (χ1) is 15.7. The van der Waals surface area contributed by atoms with Gasteiger partial charge in [0.05, 0.1) is 5.92 Å². The molecular formula is C25H36N6O. The number of carbonyl (C=O) groups is 1. The molecule has 2 saturated heterocycles. The van der Waals surface area contributed by atoms with Crippen molar-refractivity contribution in [2.45, 2.75) is 26.2 Å². The highest BCUT2D eigenvalue weighted by Crippen LogP contribution is 2.22. The molecule has 0 radical (unpaired) electrons. The van der Waals surface area contributed by atoms with Crippen LogP contribution < -0.4 is 10.2 Å². The summed E-state index contributed by atoms with van der Waals surface area (Å²) >= 11 is 0. The van der Waals surface area contributed by atoms with Gasteiger partial charge in [0.15, 0.2) is 0 Å². The molecule has 0 spiro atoms. The van der Waals surface area contributed by atoms with E-state index in [4.69, 9.17) is 0 Å². The standard InChI is InChI=1S/C25H36N6O/c1-2-11-29-14-16-30(17-15-29)13-10-26-24(32)22-9-6-12-31(20-22)25-27-18-23(19-28-25)21-7-4-3-5-8-21/h3-5,7-8,18-19,22H,2,6,9-17,20H2,1H3,(H,26,32). The molecule has 2 aliphatic heterocycles. The van der Waals surface area contributed by atoms with E-state index in [1.165, 1.54) is 13.0 Å². The molecule has 0 aliphatic carbocycles. The number of aromatic nitrogens is 2. The minimum absolute atomic E-state index is 0.00236. The summed E-state index contributed by atoms with van der Waals surface area (Å²) in [6.07, 6.45) is 6.89. The average Bonchev–Trinajstić information content (AvgIpc) is 2.86. The summed E-state index contributed by atoms with van der Waals surface area (Å²) in [7, 11) is 0.